The number of nitrogens with one attached hydrogen (secondary N) is 1. The smallest absolute Gasteiger partial charge is 0.142 e. The molecule has 1 aromatic heterocycles. The number of nitrogens with zero attached hydrogens (tertiary/aromatic N) is 4. The van der Waals surface area contributed by atoms with E-state index in [-0.39, 0.29) is 0 Å². The molecule has 2 heterocycles. The summed E-state index contributed by atoms with van der Waals surface area (Å²) in [6.07, 6.45) is 1.61. The Hall–Kier alpha value is -3.28. The third-order valence-corrected chi connectivity index (χ3v) is 4.99. The molecule has 3 aromatic rings. The van der Waals surface area contributed by atoms with Crippen molar-refractivity contribution in [3.8, 4) is 5.75 Å². The average Bonchev–Trinajstić information content (AvgIpc) is 2.74. The molecular formula is C22H25N5O. The Bertz CT molecular complexity index is 937. The molecule has 0 atom stereocenters. The van der Waals surface area contributed by atoms with Crippen molar-refractivity contribution in [2.45, 2.75) is 6.92 Å². The van der Waals surface area contributed by atoms with Crippen molar-refractivity contribution >= 4 is 23.0 Å². The highest BCUT2D eigenvalue weighted by Gasteiger charge is 2.19. The number of hydrogen-bond donors (Lipinski definition) is 1. The molecule has 0 bridgehead atoms. The van der Waals surface area contributed by atoms with Crippen LogP contribution < -0.4 is 19.9 Å². The molecule has 1 fully saturated rings. The number of aryl methyl sites for hydroxylation is 1. The first kappa shape index (κ1) is 18.1. The normalized spacial score (nSPS) is 14.1. The third kappa shape index (κ3) is 4.01. The molecule has 28 heavy (non-hydrogen) atoms. The van der Waals surface area contributed by atoms with Crippen LogP contribution in [-0.4, -0.2) is 43.3 Å². The van der Waals surface area contributed by atoms with Crippen molar-refractivity contribution in [1.82, 2.24) is 9.97 Å². The predicted molar refractivity (Wildman–Crippen MR) is 114 cm³/mol. The number of aromatic nitrogens is 2. The van der Waals surface area contributed by atoms with Crippen LogP contribution in [0.1, 0.15) is 5.56 Å². The van der Waals surface area contributed by atoms with Gasteiger partial charge in [0, 0.05) is 37.9 Å². The van der Waals surface area contributed by atoms with Crippen LogP contribution in [-0.2, 0) is 0 Å². The van der Waals surface area contributed by atoms with Gasteiger partial charge in [-0.15, -0.1) is 0 Å². The van der Waals surface area contributed by atoms with E-state index in [1.165, 1.54) is 11.3 Å². The van der Waals surface area contributed by atoms with Crippen molar-refractivity contribution in [1.29, 1.82) is 0 Å². The first-order chi connectivity index (χ1) is 13.7. The lowest BCUT2D eigenvalue weighted by atomic mass is 10.2. The zero-order chi connectivity index (χ0) is 19.3. The summed E-state index contributed by atoms with van der Waals surface area (Å²) in [6.45, 7) is 5.94. The molecular weight excluding hydrogens is 350 g/mol. The maximum absolute atomic E-state index is 5.40. The Morgan fingerprint density at radius 2 is 1.68 bits per heavy atom. The Balaban J connectivity index is 1.44. The SMILES string of the molecule is COc1ccccc1Nc1cc(N2CCN(c3cccc(C)c3)CC2)ncn1. The van der Waals surface area contributed by atoms with E-state index < -0.39 is 0 Å². The van der Waals surface area contributed by atoms with E-state index in [0.717, 1.165) is 49.3 Å². The molecule has 1 aliphatic rings. The van der Waals surface area contributed by atoms with Gasteiger partial charge in [0.25, 0.3) is 0 Å². The minimum absolute atomic E-state index is 0.760. The average molecular weight is 375 g/mol. The fraction of sp³-hybridized carbons (Fsp3) is 0.273. The van der Waals surface area contributed by atoms with Gasteiger partial charge in [0.05, 0.1) is 12.8 Å². The van der Waals surface area contributed by atoms with Gasteiger partial charge in [0.1, 0.15) is 23.7 Å². The maximum Gasteiger partial charge on any atom is 0.142 e. The standard InChI is InChI=1S/C22H25N5O/c1-17-6-5-7-18(14-17)26-10-12-27(13-11-26)22-15-21(23-16-24-22)25-19-8-3-4-9-20(19)28-2/h3-9,14-16H,10-13H2,1-2H3,(H,23,24,25). The van der Waals surface area contributed by atoms with Gasteiger partial charge in [-0.1, -0.05) is 24.3 Å². The zero-order valence-corrected chi connectivity index (χ0v) is 16.3. The highest BCUT2D eigenvalue weighted by atomic mass is 16.5. The quantitative estimate of drug-likeness (QED) is 0.731. The largest absolute Gasteiger partial charge is 0.495 e. The molecule has 0 unspecified atom stereocenters. The second-order valence-electron chi connectivity index (χ2n) is 6.90. The van der Waals surface area contributed by atoms with E-state index in [4.69, 9.17) is 4.74 Å². The minimum atomic E-state index is 0.760. The zero-order valence-electron chi connectivity index (χ0n) is 16.3. The molecule has 0 amide bonds. The number of piperazine rings is 1. The number of hydrogen-bond acceptors (Lipinski definition) is 6. The summed E-state index contributed by atoms with van der Waals surface area (Å²) in [7, 11) is 1.67. The van der Waals surface area contributed by atoms with E-state index in [1.807, 2.05) is 30.3 Å². The summed E-state index contributed by atoms with van der Waals surface area (Å²) >= 11 is 0. The summed E-state index contributed by atoms with van der Waals surface area (Å²) in [5, 5.41) is 3.33. The monoisotopic (exact) mass is 375 g/mol. The van der Waals surface area contributed by atoms with Gasteiger partial charge in [-0.25, -0.2) is 9.97 Å². The van der Waals surface area contributed by atoms with Crippen LogP contribution in [0.3, 0.4) is 0 Å². The van der Waals surface area contributed by atoms with Gasteiger partial charge in [-0.2, -0.15) is 0 Å². The number of rotatable bonds is 5. The molecule has 144 valence electrons. The fourth-order valence-electron chi connectivity index (χ4n) is 3.49. The molecule has 6 nitrogen and oxygen atoms in total. The van der Waals surface area contributed by atoms with Crippen LogP contribution in [0.5, 0.6) is 5.75 Å². The summed E-state index contributed by atoms with van der Waals surface area (Å²) in [5.74, 6) is 2.49. The Morgan fingerprint density at radius 3 is 2.46 bits per heavy atom. The number of methoxy groups -OCH3 is 1. The molecule has 0 aliphatic carbocycles. The van der Waals surface area contributed by atoms with E-state index >= 15 is 0 Å². The minimum Gasteiger partial charge on any atom is -0.495 e. The Labute approximate surface area is 165 Å². The van der Waals surface area contributed by atoms with Gasteiger partial charge < -0.3 is 19.9 Å². The van der Waals surface area contributed by atoms with Gasteiger partial charge in [0.15, 0.2) is 0 Å². The Kier molecular flexibility index (Phi) is 5.28. The molecule has 0 saturated carbocycles. The number of anilines is 4. The van der Waals surface area contributed by atoms with Crippen molar-refractivity contribution < 1.29 is 4.74 Å². The van der Waals surface area contributed by atoms with Gasteiger partial charge in [0.2, 0.25) is 0 Å². The summed E-state index contributed by atoms with van der Waals surface area (Å²) in [5.41, 5.74) is 3.47. The highest BCUT2D eigenvalue weighted by Crippen LogP contribution is 2.27. The molecule has 1 N–H and O–H groups in total. The lowest BCUT2D eigenvalue weighted by Crippen LogP contribution is -2.46. The van der Waals surface area contributed by atoms with Crippen LogP contribution in [0.15, 0.2) is 60.9 Å². The van der Waals surface area contributed by atoms with Crippen LogP contribution in [0.4, 0.5) is 23.0 Å². The molecule has 2 aromatic carbocycles. The number of ether oxygens (including phenoxy) is 1. The highest BCUT2D eigenvalue weighted by molar-refractivity contribution is 5.65. The molecule has 4 rings (SSSR count). The van der Waals surface area contributed by atoms with Crippen LogP contribution in [0.25, 0.3) is 0 Å². The molecule has 0 spiro atoms. The van der Waals surface area contributed by atoms with Crippen molar-refractivity contribution in [3.05, 3.63) is 66.5 Å². The second kappa shape index (κ2) is 8.17. The molecule has 6 heteroatoms. The van der Waals surface area contributed by atoms with Gasteiger partial charge >= 0.3 is 0 Å². The van der Waals surface area contributed by atoms with Crippen LogP contribution in [0.2, 0.25) is 0 Å². The lowest BCUT2D eigenvalue weighted by molar-refractivity contribution is 0.417. The molecule has 1 saturated heterocycles. The fourth-order valence-corrected chi connectivity index (χ4v) is 3.49. The van der Waals surface area contributed by atoms with Crippen molar-refractivity contribution in [2.24, 2.45) is 0 Å². The summed E-state index contributed by atoms with van der Waals surface area (Å²) < 4.78 is 5.40. The van der Waals surface area contributed by atoms with E-state index in [1.54, 1.807) is 13.4 Å². The first-order valence-electron chi connectivity index (χ1n) is 9.51. The number of para-hydroxylation sites is 2. The summed E-state index contributed by atoms with van der Waals surface area (Å²) in [4.78, 5) is 13.6. The van der Waals surface area contributed by atoms with Crippen molar-refractivity contribution in [3.63, 3.8) is 0 Å². The van der Waals surface area contributed by atoms with Crippen LogP contribution in [0, 0.1) is 6.92 Å². The Morgan fingerprint density at radius 1 is 0.893 bits per heavy atom. The van der Waals surface area contributed by atoms with Crippen LogP contribution >= 0.6 is 0 Å². The van der Waals surface area contributed by atoms with Gasteiger partial charge in [-0.3, -0.25) is 0 Å². The first-order valence-corrected chi connectivity index (χ1v) is 9.51. The predicted octanol–water partition coefficient (Wildman–Crippen LogP) is 3.86. The van der Waals surface area contributed by atoms with E-state index in [0.29, 0.717) is 0 Å². The van der Waals surface area contributed by atoms with E-state index in [9.17, 15) is 0 Å². The summed E-state index contributed by atoms with van der Waals surface area (Å²) in [6, 6.07) is 18.5. The lowest BCUT2D eigenvalue weighted by Gasteiger charge is -2.36. The second-order valence-corrected chi connectivity index (χ2v) is 6.90. The van der Waals surface area contributed by atoms with E-state index in [2.05, 4.69) is 56.3 Å². The molecule has 1 aliphatic heterocycles. The van der Waals surface area contributed by atoms with Gasteiger partial charge in [-0.05, 0) is 36.8 Å². The van der Waals surface area contributed by atoms with Crippen molar-refractivity contribution in [2.75, 3.05) is 48.4 Å². The molecule has 0 radical (unpaired) electrons. The third-order valence-electron chi connectivity index (χ3n) is 4.99. The number of benzene rings is 2. The topological polar surface area (TPSA) is 53.5 Å². The maximum atomic E-state index is 5.40.